The van der Waals surface area contributed by atoms with Crippen LogP contribution in [0.4, 0.5) is 0 Å². The third-order valence-corrected chi connectivity index (χ3v) is 3.35. The number of rotatable bonds is 2. The smallest absolute Gasteiger partial charge is 0.0180 e. The summed E-state index contributed by atoms with van der Waals surface area (Å²) in [5.41, 5.74) is 1.53. The Labute approximate surface area is 77.1 Å². The average molecular weight is 166 g/mol. The first kappa shape index (κ1) is 9.83. The molecule has 1 aliphatic rings. The Morgan fingerprint density at radius 2 is 1.33 bits per heavy atom. The van der Waals surface area contributed by atoms with Gasteiger partial charge in [0, 0.05) is 0 Å². The molecule has 0 bridgehead atoms. The second-order valence-corrected chi connectivity index (χ2v) is 4.85. The zero-order valence-corrected chi connectivity index (χ0v) is 8.93. The molecule has 1 rings (SSSR count). The summed E-state index contributed by atoms with van der Waals surface area (Å²) in [6.45, 7) is 13.5. The Morgan fingerprint density at radius 1 is 1.00 bits per heavy atom. The Balaban J connectivity index is 2.61. The van der Waals surface area contributed by atoms with Crippen molar-refractivity contribution in [2.24, 2.45) is 23.7 Å². The van der Waals surface area contributed by atoms with Crippen LogP contribution in [0.2, 0.25) is 0 Å². The minimum Gasteiger partial charge on any atom is -0.0993 e. The van der Waals surface area contributed by atoms with Crippen molar-refractivity contribution in [3.8, 4) is 0 Å². The van der Waals surface area contributed by atoms with Gasteiger partial charge >= 0.3 is 0 Å². The molecular weight excluding hydrogens is 144 g/mol. The van der Waals surface area contributed by atoms with Gasteiger partial charge in [-0.2, -0.15) is 0 Å². The van der Waals surface area contributed by atoms with E-state index in [2.05, 4.69) is 34.3 Å². The van der Waals surface area contributed by atoms with E-state index in [4.69, 9.17) is 0 Å². The van der Waals surface area contributed by atoms with Crippen LogP contribution in [0.15, 0.2) is 12.2 Å². The maximum atomic E-state index is 4.26. The van der Waals surface area contributed by atoms with Crippen LogP contribution >= 0.6 is 0 Å². The molecule has 12 heavy (non-hydrogen) atoms. The van der Waals surface area contributed by atoms with Gasteiger partial charge in [0.1, 0.15) is 0 Å². The molecule has 0 radical (unpaired) electrons. The fourth-order valence-corrected chi connectivity index (χ4v) is 2.53. The first-order valence-corrected chi connectivity index (χ1v) is 5.22. The van der Waals surface area contributed by atoms with Gasteiger partial charge in [0.15, 0.2) is 0 Å². The van der Waals surface area contributed by atoms with Gasteiger partial charge in [-0.3, -0.25) is 0 Å². The molecule has 1 saturated carbocycles. The molecule has 0 saturated heterocycles. The van der Waals surface area contributed by atoms with Gasteiger partial charge < -0.3 is 0 Å². The minimum atomic E-state index is 0.793. The lowest BCUT2D eigenvalue weighted by atomic mass is 9.85. The van der Waals surface area contributed by atoms with E-state index in [1.54, 1.807) is 0 Å². The van der Waals surface area contributed by atoms with Crippen LogP contribution in [0, 0.1) is 23.7 Å². The van der Waals surface area contributed by atoms with E-state index in [9.17, 15) is 0 Å². The number of allylic oxidation sites excluding steroid dienone is 1. The molecule has 0 nitrogen and oxygen atoms in total. The van der Waals surface area contributed by atoms with E-state index < -0.39 is 0 Å². The quantitative estimate of drug-likeness (QED) is 0.546. The predicted molar refractivity (Wildman–Crippen MR) is 55.0 cm³/mol. The van der Waals surface area contributed by atoms with Crippen LogP contribution < -0.4 is 0 Å². The first-order chi connectivity index (χ1) is 5.54. The fraction of sp³-hybridized carbons (Fsp3) is 0.833. The summed E-state index contributed by atoms with van der Waals surface area (Å²) in [6, 6.07) is 0. The summed E-state index contributed by atoms with van der Waals surface area (Å²) < 4.78 is 0. The topological polar surface area (TPSA) is 0 Å². The van der Waals surface area contributed by atoms with Crippen LogP contribution in [0.1, 0.15) is 40.5 Å². The molecule has 2 atom stereocenters. The highest BCUT2D eigenvalue weighted by atomic mass is 14.4. The molecule has 1 aliphatic carbocycles. The maximum absolute atomic E-state index is 4.26. The second kappa shape index (κ2) is 3.64. The van der Waals surface area contributed by atoms with E-state index >= 15 is 0 Å². The minimum absolute atomic E-state index is 0.793. The summed E-state index contributed by atoms with van der Waals surface area (Å²) in [4.78, 5) is 0. The molecule has 1 fully saturated rings. The van der Waals surface area contributed by atoms with Gasteiger partial charge in [-0.1, -0.05) is 39.8 Å². The molecule has 0 aromatic heterocycles. The van der Waals surface area contributed by atoms with E-state index in [0.717, 1.165) is 23.7 Å². The van der Waals surface area contributed by atoms with Crippen molar-refractivity contribution in [1.82, 2.24) is 0 Å². The Bertz CT molecular complexity index is 147. The largest absolute Gasteiger partial charge is 0.0993 e. The van der Waals surface area contributed by atoms with Crippen molar-refractivity contribution >= 4 is 0 Å². The molecule has 0 heteroatoms. The summed E-state index contributed by atoms with van der Waals surface area (Å²) in [5, 5.41) is 0. The van der Waals surface area contributed by atoms with Crippen molar-refractivity contribution < 1.29 is 0 Å². The molecule has 0 heterocycles. The summed E-state index contributed by atoms with van der Waals surface area (Å²) >= 11 is 0. The third-order valence-electron chi connectivity index (χ3n) is 3.35. The van der Waals surface area contributed by atoms with Crippen molar-refractivity contribution in [1.29, 1.82) is 0 Å². The molecule has 0 N–H and O–H groups in total. The van der Waals surface area contributed by atoms with E-state index in [0.29, 0.717) is 0 Å². The SMILES string of the molecule is C=C1C(C(C)C)CCC1C(C)C. The van der Waals surface area contributed by atoms with Crippen LogP contribution in [-0.4, -0.2) is 0 Å². The van der Waals surface area contributed by atoms with Crippen LogP contribution in [0.3, 0.4) is 0 Å². The molecule has 0 spiro atoms. The van der Waals surface area contributed by atoms with Gasteiger partial charge in [-0.15, -0.1) is 0 Å². The van der Waals surface area contributed by atoms with Gasteiger partial charge in [-0.25, -0.2) is 0 Å². The van der Waals surface area contributed by atoms with E-state index in [-0.39, 0.29) is 0 Å². The van der Waals surface area contributed by atoms with E-state index in [1.807, 2.05) is 0 Å². The molecule has 0 aromatic carbocycles. The summed E-state index contributed by atoms with van der Waals surface area (Å²) in [7, 11) is 0. The monoisotopic (exact) mass is 166 g/mol. The van der Waals surface area contributed by atoms with Gasteiger partial charge in [0.25, 0.3) is 0 Å². The summed E-state index contributed by atoms with van der Waals surface area (Å²) in [6.07, 6.45) is 2.75. The lowest BCUT2D eigenvalue weighted by Crippen LogP contribution is -2.11. The van der Waals surface area contributed by atoms with Crippen molar-refractivity contribution in [2.45, 2.75) is 40.5 Å². The molecular formula is C12H22. The lowest BCUT2D eigenvalue weighted by molar-refractivity contribution is 0.442. The van der Waals surface area contributed by atoms with Crippen molar-refractivity contribution in [2.75, 3.05) is 0 Å². The van der Waals surface area contributed by atoms with Crippen LogP contribution in [0.25, 0.3) is 0 Å². The molecule has 2 unspecified atom stereocenters. The van der Waals surface area contributed by atoms with Gasteiger partial charge in [-0.05, 0) is 36.5 Å². The number of hydrogen-bond donors (Lipinski definition) is 0. The van der Waals surface area contributed by atoms with Crippen molar-refractivity contribution in [3.63, 3.8) is 0 Å². The van der Waals surface area contributed by atoms with Crippen LogP contribution in [-0.2, 0) is 0 Å². The molecule has 0 aliphatic heterocycles. The molecule has 0 aromatic rings. The average Bonchev–Trinajstić information content (AvgIpc) is 2.30. The molecule has 70 valence electrons. The Kier molecular flexibility index (Phi) is 2.98. The van der Waals surface area contributed by atoms with Crippen LogP contribution in [0.5, 0.6) is 0 Å². The maximum Gasteiger partial charge on any atom is -0.0180 e. The fourth-order valence-electron chi connectivity index (χ4n) is 2.53. The molecule has 0 amide bonds. The van der Waals surface area contributed by atoms with Gasteiger partial charge in [0.05, 0.1) is 0 Å². The Morgan fingerprint density at radius 3 is 1.50 bits per heavy atom. The highest BCUT2D eigenvalue weighted by Crippen LogP contribution is 2.42. The lowest BCUT2D eigenvalue weighted by Gasteiger charge is -2.20. The second-order valence-electron chi connectivity index (χ2n) is 4.85. The van der Waals surface area contributed by atoms with E-state index in [1.165, 1.54) is 18.4 Å². The standard InChI is InChI=1S/C12H22/c1-8(2)11-6-7-12(9(3)4)10(11)5/h8-9,11-12H,5-7H2,1-4H3. The zero-order valence-electron chi connectivity index (χ0n) is 8.93. The normalized spacial score (nSPS) is 30.7. The Hall–Kier alpha value is -0.260. The number of hydrogen-bond acceptors (Lipinski definition) is 0. The summed E-state index contributed by atoms with van der Waals surface area (Å²) in [5.74, 6) is 3.19. The highest BCUT2D eigenvalue weighted by molar-refractivity contribution is 5.12. The van der Waals surface area contributed by atoms with Crippen molar-refractivity contribution in [3.05, 3.63) is 12.2 Å². The third kappa shape index (κ3) is 1.73. The predicted octanol–water partition coefficient (Wildman–Crippen LogP) is 3.88. The highest BCUT2D eigenvalue weighted by Gasteiger charge is 2.31. The first-order valence-electron chi connectivity index (χ1n) is 5.22. The zero-order chi connectivity index (χ0) is 9.30. The van der Waals surface area contributed by atoms with Gasteiger partial charge in [0.2, 0.25) is 0 Å².